The Morgan fingerprint density at radius 3 is 2.12 bits per heavy atom. The predicted octanol–water partition coefficient (Wildman–Crippen LogP) is 2.74. The van der Waals surface area contributed by atoms with Crippen molar-refractivity contribution in [2.45, 2.75) is 38.5 Å². The highest BCUT2D eigenvalue weighted by Crippen LogP contribution is 2.29. The Morgan fingerprint density at radius 1 is 1.06 bits per heavy atom. The summed E-state index contributed by atoms with van der Waals surface area (Å²) in [6, 6.07) is 9.84. The second-order valence-corrected chi connectivity index (χ2v) is 5.25. The van der Waals surface area contributed by atoms with Crippen molar-refractivity contribution in [2.24, 2.45) is 5.92 Å². The van der Waals surface area contributed by atoms with E-state index < -0.39 is 5.41 Å². The van der Waals surface area contributed by atoms with Crippen LogP contribution in [0.4, 0.5) is 0 Å². The summed E-state index contributed by atoms with van der Waals surface area (Å²) in [6.07, 6.45) is 3.00. The van der Waals surface area contributed by atoms with Gasteiger partial charge in [-0.3, -0.25) is 0 Å². The van der Waals surface area contributed by atoms with E-state index in [1.54, 1.807) is 0 Å². The van der Waals surface area contributed by atoms with E-state index in [1.165, 1.54) is 0 Å². The molecule has 1 aromatic rings. The molecule has 0 saturated heterocycles. The number of rotatable bonds is 7. The number of aliphatic hydroxyl groups excluding tert-OH is 2. The van der Waals surface area contributed by atoms with Gasteiger partial charge in [-0.1, -0.05) is 57.0 Å². The average molecular weight is 236 g/mol. The SMILES string of the molecule is CC(C)CCCC(CO)(CO)c1ccccc1. The third-order valence-electron chi connectivity index (χ3n) is 3.43. The summed E-state index contributed by atoms with van der Waals surface area (Å²) in [5.74, 6) is 0.667. The Morgan fingerprint density at radius 2 is 1.65 bits per heavy atom. The minimum atomic E-state index is -0.476. The van der Waals surface area contributed by atoms with Gasteiger partial charge in [-0.05, 0) is 17.9 Å². The fourth-order valence-electron chi connectivity index (χ4n) is 2.18. The van der Waals surface area contributed by atoms with Gasteiger partial charge in [0, 0.05) is 5.41 Å². The first-order valence-electron chi connectivity index (χ1n) is 6.42. The summed E-state index contributed by atoms with van der Waals surface area (Å²) in [5.41, 5.74) is 0.560. The van der Waals surface area contributed by atoms with Gasteiger partial charge < -0.3 is 10.2 Å². The standard InChI is InChI=1S/C15H24O2/c1-13(2)7-6-10-15(11-16,12-17)14-8-4-3-5-9-14/h3-5,8-9,13,16-17H,6-7,10-12H2,1-2H3. The first-order valence-corrected chi connectivity index (χ1v) is 6.42. The maximum absolute atomic E-state index is 9.64. The minimum absolute atomic E-state index is 0.00556. The van der Waals surface area contributed by atoms with Gasteiger partial charge in [0.25, 0.3) is 0 Å². The lowest BCUT2D eigenvalue weighted by Gasteiger charge is -2.30. The van der Waals surface area contributed by atoms with E-state index >= 15 is 0 Å². The van der Waals surface area contributed by atoms with Gasteiger partial charge in [0.1, 0.15) is 0 Å². The molecule has 2 heteroatoms. The van der Waals surface area contributed by atoms with E-state index in [1.807, 2.05) is 30.3 Å². The van der Waals surface area contributed by atoms with E-state index in [0.717, 1.165) is 24.8 Å². The Labute approximate surface area is 104 Å². The summed E-state index contributed by atoms with van der Waals surface area (Å²) in [5, 5.41) is 19.3. The largest absolute Gasteiger partial charge is 0.395 e. The van der Waals surface area contributed by atoms with Crippen LogP contribution in [0.15, 0.2) is 30.3 Å². The van der Waals surface area contributed by atoms with Gasteiger partial charge >= 0.3 is 0 Å². The fourth-order valence-corrected chi connectivity index (χ4v) is 2.18. The summed E-state index contributed by atoms with van der Waals surface area (Å²) < 4.78 is 0. The number of aliphatic hydroxyl groups is 2. The number of hydrogen-bond acceptors (Lipinski definition) is 2. The van der Waals surface area contributed by atoms with Gasteiger partial charge in [-0.2, -0.15) is 0 Å². The zero-order valence-corrected chi connectivity index (χ0v) is 10.9. The minimum Gasteiger partial charge on any atom is -0.395 e. The van der Waals surface area contributed by atoms with Crippen molar-refractivity contribution in [3.05, 3.63) is 35.9 Å². The van der Waals surface area contributed by atoms with Crippen LogP contribution in [-0.2, 0) is 5.41 Å². The van der Waals surface area contributed by atoms with Crippen LogP contribution in [0.25, 0.3) is 0 Å². The Kier molecular flexibility index (Phi) is 5.66. The van der Waals surface area contributed by atoms with Crippen LogP contribution in [0, 0.1) is 5.92 Å². The molecule has 1 aromatic carbocycles. The predicted molar refractivity (Wildman–Crippen MR) is 71.0 cm³/mol. The van der Waals surface area contributed by atoms with Crippen LogP contribution < -0.4 is 0 Å². The van der Waals surface area contributed by atoms with E-state index in [-0.39, 0.29) is 13.2 Å². The molecule has 0 amide bonds. The zero-order chi connectivity index (χ0) is 12.7. The Hall–Kier alpha value is -0.860. The second-order valence-electron chi connectivity index (χ2n) is 5.25. The van der Waals surface area contributed by atoms with Gasteiger partial charge in [0.2, 0.25) is 0 Å². The van der Waals surface area contributed by atoms with Crippen LogP contribution in [0.1, 0.15) is 38.7 Å². The van der Waals surface area contributed by atoms with Crippen LogP contribution >= 0.6 is 0 Å². The highest BCUT2D eigenvalue weighted by molar-refractivity contribution is 5.25. The van der Waals surface area contributed by atoms with Crippen molar-refractivity contribution in [1.29, 1.82) is 0 Å². The first-order chi connectivity index (χ1) is 8.14. The molecule has 96 valence electrons. The maximum atomic E-state index is 9.64. The molecular formula is C15H24O2. The lowest BCUT2D eigenvalue weighted by molar-refractivity contribution is 0.106. The van der Waals surface area contributed by atoms with Gasteiger partial charge in [0.05, 0.1) is 13.2 Å². The van der Waals surface area contributed by atoms with Crippen molar-refractivity contribution in [2.75, 3.05) is 13.2 Å². The molecule has 2 nitrogen and oxygen atoms in total. The highest BCUT2D eigenvalue weighted by atomic mass is 16.3. The summed E-state index contributed by atoms with van der Waals surface area (Å²) in [6.45, 7) is 4.40. The molecule has 17 heavy (non-hydrogen) atoms. The molecule has 0 aliphatic heterocycles. The van der Waals surface area contributed by atoms with Crippen LogP contribution in [-0.4, -0.2) is 23.4 Å². The number of benzene rings is 1. The molecule has 0 saturated carbocycles. The first kappa shape index (κ1) is 14.2. The van der Waals surface area contributed by atoms with Crippen molar-refractivity contribution in [3.63, 3.8) is 0 Å². The molecule has 0 aliphatic carbocycles. The Balaban J connectivity index is 2.75. The topological polar surface area (TPSA) is 40.5 Å². The van der Waals surface area contributed by atoms with Crippen molar-refractivity contribution >= 4 is 0 Å². The van der Waals surface area contributed by atoms with Gasteiger partial charge in [0.15, 0.2) is 0 Å². The average Bonchev–Trinajstić information content (AvgIpc) is 2.36. The monoisotopic (exact) mass is 236 g/mol. The molecule has 0 atom stereocenters. The smallest absolute Gasteiger partial charge is 0.0550 e. The van der Waals surface area contributed by atoms with Gasteiger partial charge in [-0.15, -0.1) is 0 Å². The van der Waals surface area contributed by atoms with E-state index in [9.17, 15) is 10.2 Å². The second kappa shape index (κ2) is 6.77. The van der Waals surface area contributed by atoms with Crippen LogP contribution in [0.2, 0.25) is 0 Å². The molecule has 0 heterocycles. The highest BCUT2D eigenvalue weighted by Gasteiger charge is 2.30. The van der Waals surface area contributed by atoms with E-state index in [4.69, 9.17) is 0 Å². The molecule has 0 unspecified atom stereocenters. The fraction of sp³-hybridized carbons (Fsp3) is 0.600. The molecule has 0 bridgehead atoms. The van der Waals surface area contributed by atoms with Crippen LogP contribution in [0.5, 0.6) is 0 Å². The quantitative estimate of drug-likeness (QED) is 0.764. The summed E-state index contributed by atoms with van der Waals surface area (Å²) in [4.78, 5) is 0. The van der Waals surface area contributed by atoms with Crippen LogP contribution in [0.3, 0.4) is 0 Å². The number of hydrogen-bond donors (Lipinski definition) is 2. The van der Waals surface area contributed by atoms with E-state index in [2.05, 4.69) is 13.8 Å². The van der Waals surface area contributed by atoms with E-state index in [0.29, 0.717) is 5.92 Å². The lowest BCUT2D eigenvalue weighted by Crippen LogP contribution is -2.34. The van der Waals surface area contributed by atoms with Crippen molar-refractivity contribution in [3.8, 4) is 0 Å². The molecule has 0 aliphatic rings. The molecule has 1 rings (SSSR count). The van der Waals surface area contributed by atoms with Crippen molar-refractivity contribution in [1.82, 2.24) is 0 Å². The zero-order valence-electron chi connectivity index (χ0n) is 10.9. The normalized spacial score (nSPS) is 12.1. The summed E-state index contributed by atoms with van der Waals surface area (Å²) in [7, 11) is 0. The molecule has 2 N–H and O–H groups in total. The molecule has 0 aromatic heterocycles. The summed E-state index contributed by atoms with van der Waals surface area (Å²) >= 11 is 0. The Bertz CT molecular complexity index is 302. The molecule has 0 radical (unpaired) electrons. The lowest BCUT2D eigenvalue weighted by atomic mass is 9.77. The van der Waals surface area contributed by atoms with Gasteiger partial charge in [-0.25, -0.2) is 0 Å². The van der Waals surface area contributed by atoms with Crippen molar-refractivity contribution < 1.29 is 10.2 Å². The molecule has 0 fully saturated rings. The third-order valence-corrected chi connectivity index (χ3v) is 3.43. The molecule has 0 spiro atoms. The molecular weight excluding hydrogens is 212 g/mol. The maximum Gasteiger partial charge on any atom is 0.0550 e. The third kappa shape index (κ3) is 3.83.